The SMILES string of the molecule is Cc1nc(Nc2ccc(NC(=O)Cn3cnc4ccccc4c3=O)cc2)cc(N2CCOCC2)n1. The third kappa shape index (κ3) is 5.28. The fraction of sp³-hybridized carbons (Fsp3) is 0.240. The van der Waals surface area contributed by atoms with Crippen molar-refractivity contribution in [3.05, 3.63) is 77.1 Å². The average Bonchev–Trinajstić information content (AvgIpc) is 2.87. The van der Waals surface area contributed by atoms with Gasteiger partial charge >= 0.3 is 0 Å². The van der Waals surface area contributed by atoms with Crippen molar-refractivity contribution in [2.45, 2.75) is 13.5 Å². The summed E-state index contributed by atoms with van der Waals surface area (Å²) in [4.78, 5) is 40.6. The van der Waals surface area contributed by atoms with Gasteiger partial charge in [0.1, 0.15) is 24.0 Å². The second kappa shape index (κ2) is 9.90. The third-order valence-corrected chi connectivity index (χ3v) is 5.65. The molecule has 1 aliphatic heterocycles. The number of morpholine rings is 1. The van der Waals surface area contributed by atoms with Gasteiger partial charge in [-0.1, -0.05) is 12.1 Å². The van der Waals surface area contributed by atoms with Crippen LogP contribution in [0, 0.1) is 6.92 Å². The van der Waals surface area contributed by atoms with Crippen molar-refractivity contribution in [1.29, 1.82) is 0 Å². The molecule has 2 N–H and O–H groups in total. The zero-order valence-electron chi connectivity index (χ0n) is 19.3. The highest BCUT2D eigenvalue weighted by atomic mass is 16.5. The molecule has 1 fully saturated rings. The van der Waals surface area contributed by atoms with E-state index in [9.17, 15) is 9.59 Å². The fourth-order valence-electron chi connectivity index (χ4n) is 3.93. The molecule has 0 radical (unpaired) electrons. The summed E-state index contributed by atoms with van der Waals surface area (Å²) in [5.74, 6) is 1.93. The summed E-state index contributed by atoms with van der Waals surface area (Å²) in [5.41, 5.74) is 1.80. The molecular weight excluding hydrogens is 446 g/mol. The van der Waals surface area contributed by atoms with Crippen LogP contribution in [0.4, 0.5) is 23.0 Å². The number of nitrogens with one attached hydrogen (secondary N) is 2. The van der Waals surface area contributed by atoms with Crippen LogP contribution < -0.4 is 21.1 Å². The molecule has 10 heteroatoms. The van der Waals surface area contributed by atoms with Gasteiger partial charge in [-0.25, -0.2) is 15.0 Å². The highest BCUT2D eigenvalue weighted by Crippen LogP contribution is 2.22. The van der Waals surface area contributed by atoms with Crippen LogP contribution in [0.2, 0.25) is 0 Å². The van der Waals surface area contributed by atoms with E-state index in [1.54, 1.807) is 30.3 Å². The van der Waals surface area contributed by atoms with Crippen molar-refractivity contribution in [2.75, 3.05) is 41.8 Å². The number of benzene rings is 2. The normalized spacial score (nSPS) is 13.6. The van der Waals surface area contributed by atoms with Crippen LogP contribution in [0.3, 0.4) is 0 Å². The zero-order valence-corrected chi connectivity index (χ0v) is 19.3. The molecule has 0 aliphatic carbocycles. The van der Waals surface area contributed by atoms with E-state index in [-0.39, 0.29) is 18.0 Å². The number of hydrogen-bond donors (Lipinski definition) is 2. The minimum absolute atomic E-state index is 0.124. The minimum atomic E-state index is -0.313. The number of carbonyl (C=O) groups excluding carboxylic acids is 1. The molecule has 178 valence electrons. The maximum absolute atomic E-state index is 12.6. The first-order chi connectivity index (χ1) is 17.0. The molecule has 0 unspecified atom stereocenters. The quantitative estimate of drug-likeness (QED) is 0.441. The highest BCUT2D eigenvalue weighted by molar-refractivity contribution is 5.91. The smallest absolute Gasteiger partial charge is 0.261 e. The van der Waals surface area contributed by atoms with Gasteiger partial charge in [0.2, 0.25) is 5.91 Å². The number of nitrogens with zero attached hydrogens (tertiary/aromatic N) is 5. The van der Waals surface area contributed by atoms with Gasteiger partial charge in [0.05, 0.1) is 30.4 Å². The molecule has 10 nitrogen and oxygen atoms in total. The summed E-state index contributed by atoms with van der Waals surface area (Å²) in [5, 5.41) is 6.59. The molecule has 2 aromatic heterocycles. The number of ether oxygens (including phenoxy) is 1. The summed E-state index contributed by atoms with van der Waals surface area (Å²) >= 11 is 0. The van der Waals surface area contributed by atoms with E-state index in [2.05, 4.69) is 30.5 Å². The number of amides is 1. The number of carbonyl (C=O) groups is 1. The molecule has 1 amide bonds. The predicted molar refractivity (Wildman–Crippen MR) is 134 cm³/mol. The maximum Gasteiger partial charge on any atom is 0.261 e. The maximum atomic E-state index is 12.6. The standard InChI is InChI=1S/C25H25N7O3/c1-17-27-22(14-23(28-17)31-10-12-35-13-11-31)29-18-6-8-19(9-7-18)30-24(33)15-32-16-26-21-5-3-2-4-20(21)25(32)34/h2-9,14,16H,10-13,15H2,1H3,(H,30,33)(H,27,28,29). The van der Waals surface area contributed by atoms with Crippen LogP contribution in [0.1, 0.15) is 5.82 Å². The Morgan fingerprint density at radius 2 is 1.77 bits per heavy atom. The van der Waals surface area contributed by atoms with E-state index in [0.717, 1.165) is 24.6 Å². The molecular formula is C25H25N7O3. The van der Waals surface area contributed by atoms with Crippen LogP contribution in [0.25, 0.3) is 10.9 Å². The summed E-state index contributed by atoms with van der Waals surface area (Å²) < 4.78 is 6.72. The van der Waals surface area contributed by atoms with Crippen LogP contribution in [-0.4, -0.2) is 51.7 Å². The summed E-state index contributed by atoms with van der Waals surface area (Å²) in [6.07, 6.45) is 1.39. The summed E-state index contributed by atoms with van der Waals surface area (Å²) in [6, 6.07) is 16.3. The first-order valence-corrected chi connectivity index (χ1v) is 11.3. The van der Waals surface area contributed by atoms with Crippen molar-refractivity contribution in [3.8, 4) is 0 Å². The topological polar surface area (TPSA) is 114 Å². The molecule has 3 heterocycles. The Morgan fingerprint density at radius 1 is 1.03 bits per heavy atom. The van der Waals surface area contributed by atoms with Gasteiger partial charge in [0.25, 0.3) is 5.56 Å². The van der Waals surface area contributed by atoms with E-state index < -0.39 is 0 Å². The van der Waals surface area contributed by atoms with E-state index in [0.29, 0.717) is 41.4 Å². The lowest BCUT2D eigenvalue weighted by Gasteiger charge is -2.28. The van der Waals surface area contributed by atoms with Crippen LogP contribution >= 0.6 is 0 Å². The van der Waals surface area contributed by atoms with E-state index >= 15 is 0 Å². The Balaban J connectivity index is 1.23. The van der Waals surface area contributed by atoms with Crippen LogP contribution in [0.15, 0.2) is 65.7 Å². The molecule has 0 atom stereocenters. The number of aromatic nitrogens is 4. The molecule has 4 aromatic rings. The van der Waals surface area contributed by atoms with E-state index in [4.69, 9.17) is 4.74 Å². The number of fused-ring (bicyclic) bond motifs is 1. The Kier molecular flexibility index (Phi) is 6.36. The fourth-order valence-corrected chi connectivity index (χ4v) is 3.93. The molecule has 2 aromatic carbocycles. The number of aryl methyl sites for hydroxylation is 1. The molecule has 5 rings (SSSR count). The Morgan fingerprint density at radius 3 is 2.57 bits per heavy atom. The Labute approximate surface area is 201 Å². The van der Waals surface area contributed by atoms with Crippen LogP contribution in [-0.2, 0) is 16.1 Å². The Hall–Kier alpha value is -4.31. The highest BCUT2D eigenvalue weighted by Gasteiger charge is 2.14. The van der Waals surface area contributed by atoms with Gasteiger partial charge in [0.15, 0.2) is 0 Å². The van der Waals surface area contributed by atoms with Gasteiger partial charge in [-0.05, 0) is 43.3 Å². The molecule has 0 bridgehead atoms. The number of rotatable bonds is 6. The second-order valence-corrected chi connectivity index (χ2v) is 8.20. The van der Waals surface area contributed by atoms with E-state index in [1.165, 1.54) is 10.9 Å². The lowest BCUT2D eigenvalue weighted by Crippen LogP contribution is -2.36. The summed E-state index contributed by atoms with van der Waals surface area (Å²) in [6.45, 7) is 4.71. The van der Waals surface area contributed by atoms with Gasteiger partial charge in [-0.3, -0.25) is 14.2 Å². The van der Waals surface area contributed by atoms with Crippen molar-refractivity contribution in [2.24, 2.45) is 0 Å². The van der Waals surface area contributed by atoms with Gasteiger partial charge < -0.3 is 20.3 Å². The second-order valence-electron chi connectivity index (χ2n) is 8.20. The molecule has 35 heavy (non-hydrogen) atoms. The summed E-state index contributed by atoms with van der Waals surface area (Å²) in [7, 11) is 0. The van der Waals surface area contributed by atoms with E-state index in [1.807, 2.05) is 31.2 Å². The van der Waals surface area contributed by atoms with Crippen molar-refractivity contribution in [3.63, 3.8) is 0 Å². The van der Waals surface area contributed by atoms with Gasteiger partial charge in [-0.15, -0.1) is 0 Å². The van der Waals surface area contributed by atoms with Crippen LogP contribution in [0.5, 0.6) is 0 Å². The largest absolute Gasteiger partial charge is 0.378 e. The number of para-hydroxylation sites is 1. The third-order valence-electron chi connectivity index (χ3n) is 5.65. The van der Waals surface area contributed by atoms with Gasteiger partial charge in [-0.2, -0.15) is 0 Å². The zero-order chi connectivity index (χ0) is 24.2. The molecule has 0 spiro atoms. The minimum Gasteiger partial charge on any atom is -0.378 e. The number of hydrogen-bond acceptors (Lipinski definition) is 8. The van der Waals surface area contributed by atoms with Gasteiger partial charge in [0, 0.05) is 30.5 Å². The van der Waals surface area contributed by atoms with Crippen molar-refractivity contribution in [1.82, 2.24) is 19.5 Å². The lowest BCUT2D eigenvalue weighted by molar-refractivity contribution is -0.116. The average molecular weight is 472 g/mol. The first kappa shape index (κ1) is 22.5. The molecule has 1 aliphatic rings. The Bertz CT molecular complexity index is 1410. The molecule has 1 saturated heterocycles. The molecule has 0 saturated carbocycles. The number of anilines is 4. The lowest BCUT2D eigenvalue weighted by atomic mass is 10.2. The van der Waals surface area contributed by atoms with Crippen molar-refractivity contribution < 1.29 is 9.53 Å². The monoisotopic (exact) mass is 471 g/mol. The first-order valence-electron chi connectivity index (χ1n) is 11.3. The van der Waals surface area contributed by atoms with Crippen molar-refractivity contribution >= 4 is 39.8 Å². The predicted octanol–water partition coefficient (Wildman–Crippen LogP) is 2.71.